The lowest BCUT2D eigenvalue weighted by Gasteiger charge is -2.41. The van der Waals surface area contributed by atoms with Gasteiger partial charge in [0.2, 0.25) is 0 Å². The number of hydrogen-bond acceptors (Lipinski definition) is 6. The summed E-state index contributed by atoms with van der Waals surface area (Å²) in [6, 6.07) is 11.6. The van der Waals surface area contributed by atoms with E-state index < -0.39 is 23.5 Å². The first-order valence-electron chi connectivity index (χ1n) is 11.7. The van der Waals surface area contributed by atoms with Gasteiger partial charge in [-0.15, -0.1) is 0 Å². The second-order valence-corrected chi connectivity index (χ2v) is 10.0. The van der Waals surface area contributed by atoms with E-state index in [4.69, 9.17) is 4.74 Å². The van der Waals surface area contributed by atoms with Crippen LogP contribution in [0.15, 0.2) is 42.6 Å². The number of nitrogens with zero attached hydrogens (tertiary/aromatic N) is 3. The summed E-state index contributed by atoms with van der Waals surface area (Å²) in [5.41, 5.74) is 1.37. The van der Waals surface area contributed by atoms with E-state index in [0.29, 0.717) is 29.7 Å². The first-order valence-corrected chi connectivity index (χ1v) is 11.7. The zero-order valence-corrected chi connectivity index (χ0v) is 21.3. The van der Waals surface area contributed by atoms with Crippen LogP contribution in [0.1, 0.15) is 50.8 Å². The Morgan fingerprint density at radius 1 is 1.11 bits per heavy atom. The van der Waals surface area contributed by atoms with Crippen molar-refractivity contribution in [1.82, 2.24) is 14.8 Å². The number of aromatic nitrogens is 1. The number of hydrogen-bond donors (Lipinski definition) is 2. The molecule has 1 aromatic carbocycles. The maximum absolute atomic E-state index is 13.2. The number of benzene rings is 1. The molecule has 188 valence electrons. The second-order valence-electron chi connectivity index (χ2n) is 10.0. The fraction of sp³-hybridized carbons (Fsp3) is 0.462. The minimum Gasteiger partial charge on any atom is -0.444 e. The van der Waals surface area contributed by atoms with Crippen molar-refractivity contribution in [2.24, 2.45) is 0 Å². The highest BCUT2D eigenvalue weighted by Gasteiger charge is 2.36. The van der Waals surface area contributed by atoms with Crippen molar-refractivity contribution in [3.63, 3.8) is 0 Å². The van der Waals surface area contributed by atoms with Gasteiger partial charge in [-0.1, -0.05) is 30.3 Å². The molecular weight excluding hydrogens is 446 g/mol. The molecule has 9 heteroatoms. The first kappa shape index (κ1) is 26.2. The molecule has 0 unspecified atom stereocenters. The second kappa shape index (κ2) is 10.9. The van der Waals surface area contributed by atoms with E-state index in [1.165, 1.54) is 6.20 Å². The minimum absolute atomic E-state index is 0.184. The summed E-state index contributed by atoms with van der Waals surface area (Å²) in [6.07, 6.45) is 2.33. The molecule has 2 heterocycles. The maximum Gasteiger partial charge on any atom is 0.413 e. The van der Waals surface area contributed by atoms with Crippen molar-refractivity contribution < 1.29 is 19.1 Å². The summed E-state index contributed by atoms with van der Waals surface area (Å²) in [4.78, 5) is 46.2. The average Bonchev–Trinajstić information content (AvgIpc) is 2.79. The van der Waals surface area contributed by atoms with Crippen molar-refractivity contribution >= 4 is 29.4 Å². The summed E-state index contributed by atoms with van der Waals surface area (Å²) in [7, 11) is 4.07. The van der Waals surface area contributed by atoms with E-state index in [1.54, 1.807) is 38.7 Å². The Balaban J connectivity index is 1.70. The van der Waals surface area contributed by atoms with Gasteiger partial charge in [0, 0.05) is 12.6 Å². The Morgan fingerprint density at radius 2 is 1.80 bits per heavy atom. The predicted molar refractivity (Wildman–Crippen MR) is 135 cm³/mol. The number of nitrogens with one attached hydrogen (secondary N) is 2. The van der Waals surface area contributed by atoms with Crippen molar-refractivity contribution in [2.45, 2.75) is 58.2 Å². The van der Waals surface area contributed by atoms with E-state index >= 15 is 0 Å². The van der Waals surface area contributed by atoms with Crippen molar-refractivity contribution in [3.8, 4) is 0 Å². The number of aryl methyl sites for hydroxylation is 1. The van der Waals surface area contributed by atoms with Gasteiger partial charge in [0.05, 0.1) is 17.9 Å². The lowest BCUT2D eigenvalue weighted by atomic mass is 9.91. The van der Waals surface area contributed by atoms with Crippen LogP contribution in [-0.4, -0.2) is 65.0 Å². The lowest BCUT2D eigenvalue weighted by Crippen LogP contribution is -2.49. The third-order valence-electron chi connectivity index (χ3n) is 5.90. The van der Waals surface area contributed by atoms with Crippen LogP contribution in [0.5, 0.6) is 0 Å². The van der Waals surface area contributed by atoms with Crippen LogP contribution in [0.2, 0.25) is 0 Å². The molecule has 9 nitrogen and oxygen atoms in total. The highest BCUT2D eigenvalue weighted by atomic mass is 16.6. The molecule has 1 fully saturated rings. The fourth-order valence-corrected chi connectivity index (χ4v) is 4.14. The highest BCUT2D eigenvalue weighted by Crippen LogP contribution is 2.33. The first-order chi connectivity index (χ1) is 16.4. The van der Waals surface area contributed by atoms with Crippen molar-refractivity contribution in [2.75, 3.05) is 31.3 Å². The van der Waals surface area contributed by atoms with Gasteiger partial charge in [-0.2, -0.15) is 0 Å². The number of piperidine rings is 1. The maximum atomic E-state index is 13.2. The van der Waals surface area contributed by atoms with Crippen LogP contribution < -0.4 is 10.6 Å². The lowest BCUT2D eigenvalue weighted by molar-refractivity contribution is -0.146. The van der Waals surface area contributed by atoms with E-state index in [1.807, 2.05) is 44.4 Å². The number of carbonyl (C=O) groups is 3. The molecular formula is C26H35N5O4. The van der Waals surface area contributed by atoms with Crippen LogP contribution in [0.25, 0.3) is 0 Å². The molecule has 3 rings (SSSR count). The Kier molecular flexibility index (Phi) is 8.11. The van der Waals surface area contributed by atoms with Gasteiger partial charge in [0.25, 0.3) is 0 Å². The summed E-state index contributed by atoms with van der Waals surface area (Å²) in [5, 5.41) is 5.25. The predicted octanol–water partition coefficient (Wildman–Crippen LogP) is 3.97. The van der Waals surface area contributed by atoms with Gasteiger partial charge in [-0.3, -0.25) is 14.9 Å². The van der Waals surface area contributed by atoms with Crippen molar-refractivity contribution in [1.29, 1.82) is 0 Å². The molecule has 0 aliphatic carbocycles. The summed E-state index contributed by atoms with van der Waals surface area (Å²) in [5.74, 6) is -0.980. The molecule has 2 atom stereocenters. The molecule has 2 N–H and O–H groups in total. The molecule has 2 aromatic rings. The molecule has 0 radical (unpaired) electrons. The van der Waals surface area contributed by atoms with Gasteiger partial charge in [-0.25, -0.2) is 9.78 Å². The number of rotatable bonds is 4. The molecule has 0 saturated carbocycles. The summed E-state index contributed by atoms with van der Waals surface area (Å²) >= 11 is 0. The topological polar surface area (TPSA) is 104 Å². The molecule has 35 heavy (non-hydrogen) atoms. The number of pyridine rings is 1. The summed E-state index contributed by atoms with van der Waals surface area (Å²) in [6.45, 7) is 7.55. The Morgan fingerprint density at radius 3 is 2.40 bits per heavy atom. The third kappa shape index (κ3) is 7.02. The largest absolute Gasteiger partial charge is 0.444 e. The summed E-state index contributed by atoms with van der Waals surface area (Å²) < 4.78 is 5.25. The molecule has 3 amide bonds. The Bertz CT molecular complexity index is 1070. The Hall–Kier alpha value is -3.46. The zero-order valence-electron chi connectivity index (χ0n) is 21.3. The molecule has 1 aliphatic rings. The van der Waals surface area contributed by atoms with Crippen LogP contribution in [0, 0.1) is 6.92 Å². The third-order valence-corrected chi connectivity index (χ3v) is 5.90. The van der Waals surface area contributed by atoms with Crippen LogP contribution in [0.3, 0.4) is 0 Å². The minimum atomic E-state index is -0.719. The molecule has 1 aromatic heterocycles. The monoisotopic (exact) mass is 481 g/mol. The number of likely N-dealkylation sites (tertiary alicyclic amines) is 1. The van der Waals surface area contributed by atoms with E-state index in [2.05, 4.69) is 20.5 Å². The quantitative estimate of drug-likeness (QED) is 0.641. The van der Waals surface area contributed by atoms with Gasteiger partial charge in [0.15, 0.2) is 0 Å². The Labute approximate surface area is 206 Å². The number of anilines is 2. The van der Waals surface area contributed by atoms with Gasteiger partial charge in [-0.05, 0) is 71.8 Å². The van der Waals surface area contributed by atoms with E-state index in [9.17, 15) is 14.4 Å². The molecule has 0 spiro atoms. The SMILES string of the molecule is Cc1cc(NC(=O)C(=O)N2CC[C@@H](N(C)C)C[C@@H]2c2ccccc2)cnc1NC(=O)OC(C)(C)C. The van der Waals surface area contributed by atoms with Crippen LogP contribution in [-0.2, 0) is 14.3 Å². The average molecular weight is 482 g/mol. The highest BCUT2D eigenvalue weighted by molar-refractivity contribution is 6.39. The number of ether oxygens (including phenoxy) is 1. The molecule has 1 aliphatic heterocycles. The van der Waals surface area contributed by atoms with Crippen LogP contribution >= 0.6 is 0 Å². The zero-order chi connectivity index (χ0) is 25.8. The van der Waals surface area contributed by atoms with Crippen molar-refractivity contribution in [3.05, 3.63) is 53.7 Å². The standard InChI is InChI=1S/C26H35N5O4/c1-17-14-19(16-27-22(17)29-25(34)35-26(2,3)4)28-23(32)24(33)31-13-12-20(30(5)6)15-21(31)18-10-8-7-9-11-18/h7-11,14,16,20-21H,12-13,15H2,1-6H3,(H,28,32)(H,27,29,34)/t20-,21-/m1/s1. The smallest absolute Gasteiger partial charge is 0.413 e. The van der Waals surface area contributed by atoms with Gasteiger partial charge >= 0.3 is 17.9 Å². The fourth-order valence-electron chi connectivity index (χ4n) is 4.14. The number of carbonyl (C=O) groups excluding carboxylic acids is 3. The van der Waals surface area contributed by atoms with Crippen LogP contribution in [0.4, 0.5) is 16.3 Å². The normalized spacial score (nSPS) is 18.2. The molecule has 1 saturated heterocycles. The van der Waals surface area contributed by atoms with Gasteiger partial charge in [0.1, 0.15) is 11.4 Å². The van der Waals surface area contributed by atoms with E-state index in [-0.39, 0.29) is 6.04 Å². The number of amides is 3. The van der Waals surface area contributed by atoms with Gasteiger partial charge < -0.3 is 19.9 Å². The molecule has 0 bridgehead atoms. The van der Waals surface area contributed by atoms with E-state index in [0.717, 1.165) is 18.4 Å².